The van der Waals surface area contributed by atoms with E-state index in [0.717, 1.165) is 12.0 Å². The number of nitrogens with one attached hydrogen (secondary N) is 1. The molecule has 0 radical (unpaired) electrons. The SMILES string of the molecule is CCCC(=O)Oc1n[nH]c(-c2ccccc2)n1. The first-order valence-corrected chi connectivity index (χ1v) is 5.48. The van der Waals surface area contributed by atoms with Crippen molar-refractivity contribution in [2.24, 2.45) is 0 Å². The Balaban J connectivity index is 2.09. The normalized spacial score (nSPS) is 10.2. The molecule has 0 atom stereocenters. The van der Waals surface area contributed by atoms with Crippen LogP contribution in [0.25, 0.3) is 11.4 Å². The summed E-state index contributed by atoms with van der Waals surface area (Å²) >= 11 is 0. The smallest absolute Gasteiger partial charge is 0.343 e. The number of carbonyl (C=O) groups is 1. The third-order valence-electron chi connectivity index (χ3n) is 2.17. The first kappa shape index (κ1) is 11.3. The van der Waals surface area contributed by atoms with Crippen LogP contribution in [0.4, 0.5) is 0 Å². The third-order valence-corrected chi connectivity index (χ3v) is 2.17. The van der Waals surface area contributed by atoms with Crippen LogP contribution in [0.15, 0.2) is 30.3 Å². The van der Waals surface area contributed by atoms with Crippen LogP contribution in [-0.4, -0.2) is 21.2 Å². The quantitative estimate of drug-likeness (QED) is 0.819. The molecule has 2 aromatic rings. The van der Waals surface area contributed by atoms with Gasteiger partial charge in [-0.3, -0.25) is 9.89 Å². The van der Waals surface area contributed by atoms with Gasteiger partial charge in [0.1, 0.15) is 0 Å². The molecule has 0 saturated carbocycles. The zero-order chi connectivity index (χ0) is 12.1. The second kappa shape index (κ2) is 5.25. The lowest BCUT2D eigenvalue weighted by molar-refractivity contribution is -0.134. The highest BCUT2D eigenvalue weighted by atomic mass is 16.5. The summed E-state index contributed by atoms with van der Waals surface area (Å²) in [5.74, 6) is 0.274. The van der Waals surface area contributed by atoms with Crippen LogP contribution in [0.3, 0.4) is 0 Å². The van der Waals surface area contributed by atoms with Crippen LogP contribution in [0.1, 0.15) is 19.8 Å². The van der Waals surface area contributed by atoms with Gasteiger partial charge in [0, 0.05) is 12.0 Å². The number of benzene rings is 1. The Morgan fingerprint density at radius 2 is 2.12 bits per heavy atom. The number of rotatable bonds is 4. The second-order valence-electron chi connectivity index (χ2n) is 3.56. The molecule has 0 bridgehead atoms. The first-order chi connectivity index (χ1) is 8.29. The van der Waals surface area contributed by atoms with Crippen molar-refractivity contribution in [2.45, 2.75) is 19.8 Å². The summed E-state index contributed by atoms with van der Waals surface area (Å²) in [6.07, 6.45) is 1.12. The minimum Gasteiger partial charge on any atom is -0.390 e. The van der Waals surface area contributed by atoms with E-state index in [2.05, 4.69) is 15.2 Å². The molecule has 0 amide bonds. The number of hydrogen-bond acceptors (Lipinski definition) is 4. The van der Waals surface area contributed by atoms with Gasteiger partial charge < -0.3 is 4.74 Å². The Bertz CT molecular complexity index is 493. The van der Waals surface area contributed by atoms with Gasteiger partial charge in [0.2, 0.25) is 0 Å². The number of carbonyl (C=O) groups excluding carboxylic acids is 1. The van der Waals surface area contributed by atoms with Crippen LogP contribution < -0.4 is 4.74 Å². The van der Waals surface area contributed by atoms with Crippen LogP contribution in [0.2, 0.25) is 0 Å². The van der Waals surface area contributed by atoms with Crippen LogP contribution in [0, 0.1) is 0 Å². The van der Waals surface area contributed by atoms with Crippen LogP contribution in [-0.2, 0) is 4.79 Å². The molecule has 17 heavy (non-hydrogen) atoms. The Morgan fingerprint density at radius 1 is 1.35 bits per heavy atom. The van der Waals surface area contributed by atoms with Gasteiger partial charge in [-0.15, -0.1) is 5.10 Å². The van der Waals surface area contributed by atoms with Gasteiger partial charge in [-0.25, -0.2) is 0 Å². The number of nitrogens with zero attached hydrogens (tertiary/aromatic N) is 2. The second-order valence-corrected chi connectivity index (χ2v) is 3.56. The monoisotopic (exact) mass is 231 g/mol. The molecule has 0 spiro atoms. The van der Waals surface area contributed by atoms with Crippen molar-refractivity contribution in [3.63, 3.8) is 0 Å². The maximum Gasteiger partial charge on any atom is 0.343 e. The molecule has 1 heterocycles. The van der Waals surface area contributed by atoms with E-state index in [9.17, 15) is 4.79 Å². The third kappa shape index (κ3) is 2.90. The summed E-state index contributed by atoms with van der Waals surface area (Å²) in [5, 5.41) is 6.57. The fraction of sp³-hybridized carbons (Fsp3) is 0.250. The molecule has 1 aromatic heterocycles. The molecule has 0 unspecified atom stereocenters. The van der Waals surface area contributed by atoms with Gasteiger partial charge in [0.25, 0.3) is 0 Å². The molecule has 0 fully saturated rings. The maximum atomic E-state index is 11.2. The van der Waals surface area contributed by atoms with Gasteiger partial charge in [0.15, 0.2) is 5.82 Å². The summed E-state index contributed by atoms with van der Waals surface area (Å²) in [5.41, 5.74) is 0.901. The maximum absolute atomic E-state index is 11.2. The van der Waals surface area contributed by atoms with E-state index >= 15 is 0 Å². The van der Waals surface area contributed by atoms with Crippen molar-refractivity contribution in [3.05, 3.63) is 30.3 Å². The number of ether oxygens (including phenoxy) is 1. The number of aromatic nitrogens is 3. The highest BCUT2D eigenvalue weighted by Crippen LogP contribution is 2.15. The molecule has 1 aromatic carbocycles. The molecule has 1 N–H and O–H groups in total. The van der Waals surface area contributed by atoms with Crippen molar-refractivity contribution in [1.29, 1.82) is 0 Å². The lowest BCUT2D eigenvalue weighted by Crippen LogP contribution is -2.07. The lowest BCUT2D eigenvalue weighted by Gasteiger charge is -1.96. The fourth-order valence-corrected chi connectivity index (χ4v) is 1.37. The van der Waals surface area contributed by atoms with E-state index < -0.39 is 0 Å². The molecule has 5 heteroatoms. The first-order valence-electron chi connectivity index (χ1n) is 5.48. The van der Waals surface area contributed by atoms with Crippen LogP contribution in [0.5, 0.6) is 6.01 Å². The van der Waals surface area contributed by atoms with E-state index in [-0.39, 0.29) is 12.0 Å². The molecule has 0 aliphatic heterocycles. The Labute approximate surface area is 98.8 Å². The van der Waals surface area contributed by atoms with Gasteiger partial charge in [-0.05, 0) is 6.42 Å². The number of aromatic amines is 1. The summed E-state index contributed by atoms with van der Waals surface area (Å²) in [7, 11) is 0. The summed E-state index contributed by atoms with van der Waals surface area (Å²) < 4.78 is 4.96. The van der Waals surface area contributed by atoms with E-state index in [0.29, 0.717) is 12.2 Å². The minimum absolute atomic E-state index is 0.0716. The average Bonchev–Trinajstić information content (AvgIpc) is 2.79. The molecular formula is C12H13N3O2. The highest BCUT2D eigenvalue weighted by Gasteiger charge is 2.09. The van der Waals surface area contributed by atoms with E-state index in [1.807, 2.05) is 37.3 Å². The van der Waals surface area contributed by atoms with Crippen molar-refractivity contribution < 1.29 is 9.53 Å². The number of H-pyrrole nitrogens is 1. The Kier molecular flexibility index (Phi) is 3.49. The molecule has 0 aliphatic rings. The molecule has 88 valence electrons. The number of esters is 1. The predicted molar refractivity (Wildman–Crippen MR) is 62.4 cm³/mol. The van der Waals surface area contributed by atoms with Gasteiger partial charge in [-0.2, -0.15) is 4.98 Å². The highest BCUT2D eigenvalue weighted by molar-refractivity contribution is 5.71. The zero-order valence-electron chi connectivity index (χ0n) is 9.51. The average molecular weight is 231 g/mol. The molecular weight excluding hydrogens is 218 g/mol. The molecule has 5 nitrogen and oxygen atoms in total. The molecule has 0 saturated heterocycles. The lowest BCUT2D eigenvalue weighted by atomic mass is 10.2. The van der Waals surface area contributed by atoms with Gasteiger partial charge in [-0.1, -0.05) is 37.3 Å². The molecule has 2 rings (SSSR count). The number of hydrogen-bond donors (Lipinski definition) is 1. The summed E-state index contributed by atoms with van der Waals surface area (Å²) in [6.45, 7) is 1.91. The van der Waals surface area contributed by atoms with E-state index in [1.54, 1.807) is 0 Å². The van der Waals surface area contributed by atoms with E-state index in [4.69, 9.17) is 4.74 Å². The van der Waals surface area contributed by atoms with Gasteiger partial charge in [0.05, 0.1) is 0 Å². The zero-order valence-corrected chi connectivity index (χ0v) is 9.51. The Hall–Kier alpha value is -2.17. The summed E-state index contributed by atoms with van der Waals surface area (Å²) in [4.78, 5) is 15.3. The fourth-order valence-electron chi connectivity index (χ4n) is 1.37. The van der Waals surface area contributed by atoms with Crippen molar-refractivity contribution in [1.82, 2.24) is 15.2 Å². The predicted octanol–water partition coefficient (Wildman–Crippen LogP) is 2.18. The van der Waals surface area contributed by atoms with Crippen molar-refractivity contribution in [3.8, 4) is 17.4 Å². The standard InChI is InChI=1S/C12H13N3O2/c1-2-6-10(16)17-12-13-11(14-15-12)9-7-4-3-5-8-9/h3-5,7-8H,2,6H2,1H3,(H,13,14,15). The van der Waals surface area contributed by atoms with Gasteiger partial charge >= 0.3 is 12.0 Å². The van der Waals surface area contributed by atoms with Crippen molar-refractivity contribution in [2.75, 3.05) is 0 Å². The minimum atomic E-state index is -0.314. The topological polar surface area (TPSA) is 67.9 Å². The molecule has 0 aliphatic carbocycles. The Morgan fingerprint density at radius 3 is 2.82 bits per heavy atom. The van der Waals surface area contributed by atoms with Crippen molar-refractivity contribution >= 4 is 5.97 Å². The van der Waals surface area contributed by atoms with Crippen LogP contribution >= 0.6 is 0 Å². The van der Waals surface area contributed by atoms with E-state index in [1.165, 1.54) is 0 Å². The summed E-state index contributed by atoms with van der Waals surface area (Å²) in [6, 6.07) is 9.60. The largest absolute Gasteiger partial charge is 0.390 e.